The predicted octanol–water partition coefficient (Wildman–Crippen LogP) is 15.3. The molecule has 0 amide bonds. The smallest absolute Gasteiger partial charge is 0.171 e. The Morgan fingerprint density at radius 3 is 1.19 bits per heavy atom. The number of fused-ring (bicyclic) bond motifs is 15. The molecule has 0 bridgehead atoms. The van der Waals surface area contributed by atoms with E-state index in [0.29, 0.717) is 0 Å². The fourth-order valence-electron chi connectivity index (χ4n) is 11.8. The first-order chi connectivity index (χ1) is 32.9. The van der Waals surface area contributed by atoms with Gasteiger partial charge in [0.25, 0.3) is 0 Å². The largest absolute Gasteiger partial charge is 0.309 e. The van der Waals surface area contributed by atoms with Crippen LogP contribution in [0.3, 0.4) is 0 Å². The maximum Gasteiger partial charge on any atom is 0.171 e. The Labute approximate surface area is 388 Å². The van der Waals surface area contributed by atoms with Gasteiger partial charge in [0.15, 0.2) is 7.14 Å². The second-order valence-corrected chi connectivity index (χ2v) is 21.5. The molecular formula is C63H43N2OP. The first-order valence-electron chi connectivity index (χ1n) is 23.2. The van der Waals surface area contributed by atoms with Gasteiger partial charge in [-0.3, -0.25) is 0 Å². The summed E-state index contributed by atoms with van der Waals surface area (Å²) >= 11 is 0. The maximum atomic E-state index is 17.3. The summed E-state index contributed by atoms with van der Waals surface area (Å²) in [6, 6.07) is 80.6. The average molecular weight is 875 g/mol. The highest BCUT2D eigenvalue weighted by Gasteiger charge is 2.39. The Kier molecular flexibility index (Phi) is 8.02. The molecule has 0 saturated heterocycles. The van der Waals surface area contributed by atoms with Crippen LogP contribution in [0, 0.1) is 0 Å². The summed E-state index contributed by atoms with van der Waals surface area (Å²) in [5.74, 6) is 0. The number of benzene rings is 11. The van der Waals surface area contributed by atoms with Crippen LogP contribution in [0.25, 0.3) is 98.4 Å². The van der Waals surface area contributed by atoms with E-state index < -0.39 is 7.14 Å². The van der Waals surface area contributed by atoms with Crippen molar-refractivity contribution >= 4 is 99.0 Å². The van der Waals surface area contributed by atoms with Crippen molar-refractivity contribution in [2.45, 2.75) is 19.3 Å². The Balaban J connectivity index is 1.03. The van der Waals surface area contributed by atoms with Gasteiger partial charge in [-0.1, -0.05) is 147 Å². The third kappa shape index (κ3) is 5.32. The molecule has 4 heteroatoms. The van der Waals surface area contributed by atoms with Crippen LogP contribution >= 0.6 is 7.14 Å². The Morgan fingerprint density at radius 1 is 0.313 bits per heavy atom. The molecule has 0 N–H and O–H groups in total. The lowest BCUT2D eigenvalue weighted by atomic mass is 9.81. The summed E-state index contributed by atoms with van der Waals surface area (Å²) in [5.41, 5.74) is 11.2. The van der Waals surface area contributed by atoms with Gasteiger partial charge in [-0.15, -0.1) is 0 Å². The van der Waals surface area contributed by atoms with Gasteiger partial charge in [0.2, 0.25) is 0 Å². The number of hydrogen-bond donors (Lipinski definition) is 0. The van der Waals surface area contributed by atoms with Gasteiger partial charge >= 0.3 is 0 Å². The van der Waals surface area contributed by atoms with Gasteiger partial charge in [-0.25, -0.2) is 0 Å². The standard InChI is InChI=1S/C63H43N2OP/c1-63(2)57-37-44(29-32-49(57)54-38-52-47-23-11-9-21-45(47)46-22-10-12-24-48(46)53(52)39-58(54)63)67(66,42-30-33-61-55(35-42)50-25-13-15-27-59(50)64(61)40-17-5-3-6-18-40)43-31-34-62-56(36-43)51-26-14-16-28-60(51)65(62)41-19-7-4-8-20-41/h3-39H,1-2H3. The van der Waals surface area contributed by atoms with E-state index in [2.05, 4.69) is 247 Å². The van der Waals surface area contributed by atoms with E-state index in [4.69, 9.17) is 0 Å². The average Bonchev–Trinajstić information content (AvgIpc) is 3.98. The van der Waals surface area contributed by atoms with E-state index in [1.54, 1.807) is 0 Å². The van der Waals surface area contributed by atoms with Gasteiger partial charge in [0.05, 0.1) is 22.1 Å². The maximum absolute atomic E-state index is 17.3. The lowest BCUT2D eigenvalue weighted by Crippen LogP contribution is -2.26. The van der Waals surface area contributed by atoms with Crippen LogP contribution in [0.15, 0.2) is 224 Å². The zero-order valence-corrected chi connectivity index (χ0v) is 38.0. The van der Waals surface area contributed by atoms with Gasteiger partial charge in [-0.2, -0.15) is 0 Å². The Hall–Kier alpha value is -7.97. The molecule has 14 rings (SSSR count). The lowest BCUT2D eigenvalue weighted by Gasteiger charge is -2.25. The summed E-state index contributed by atoms with van der Waals surface area (Å²) in [5, 5.41) is 14.5. The van der Waals surface area contributed by atoms with Crippen LogP contribution in [0.5, 0.6) is 0 Å². The van der Waals surface area contributed by atoms with Crippen LogP contribution in [0.1, 0.15) is 25.0 Å². The predicted molar refractivity (Wildman–Crippen MR) is 285 cm³/mol. The number of rotatable bonds is 5. The first kappa shape index (κ1) is 38.3. The van der Waals surface area contributed by atoms with E-state index in [-0.39, 0.29) is 5.41 Å². The van der Waals surface area contributed by atoms with Gasteiger partial charge < -0.3 is 13.7 Å². The van der Waals surface area contributed by atoms with Crippen LogP contribution in [0.4, 0.5) is 0 Å². The molecule has 0 spiro atoms. The molecule has 0 radical (unpaired) electrons. The molecule has 67 heavy (non-hydrogen) atoms. The van der Waals surface area contributed by atoms with Gasteiger partial charge in [-0.05, 0) is 146 Å². The van der Waals surface area contributed by atoms with E-state index in [9.17, 15) is 0 Å². The Morgan fingerprint density at radius 2 is 0.687 bits per heavy atom. The van der Waals surface area contributed by atoms with Crippen LogP contribution in [-0.4, -0.2) is 9.13 Å². The summed E-state index contributed by atoms with van der Waals surface area (Å²) < 4.78 is 21.9. The number of nitrogens with zero attached hydrogens (tertiary/aromatic N) is 2. The molecule has 3 nitrogen and oxygen atoms in total. The van der Waals surface area contributed by atoms with Crippen molar-refractivity contribution in [3.8, 4) is 22.5 Å². The second kappa shape index (κ2) is 14.0. The van der Waals surface area contributed by atoms with Crippen LogP contribution in [-0.2, 0) is 9.98 Å². The number of hydrogen-bond acceptors (Lipinski definition) is 1. The van der Waals surface area contributed by atoms with Crippen molar-refractivity contribution in [3.05, 3.63) is 236 Å². The van der Waals surface area contributed by atoms with Crippen LogP contribution < -0.4 is 15.9 Å². The third-order valence-corrected chi connectivity index (χ3v) is 18.0. The Bertz CT molecular complexity index is 4110. The number of aromatic nitrogens is 2. The highest BCUT2D eigenvalue weighted by Crippen LogP contribution is 2.54. The summed E-state index contributed by atoms with van der Waals surface area (Å²) in [4.78, 5) is 0. The molecular weight excluding hydrogens is 832 g/mol. The molecule has 0 unspecified atom stereocenters. The van der Waals surface area contributed by atoms with Crippen molar-refractivity contribution < 1.29 is 4.57 Å². The van der Waals surface area contributed by atoms with Crippen molar-refractivity contribution in [1.29, 1.82) is 0 Å². The fraction of sp³-hybridized carbons (Fsp3) is 0.0476. The molecule has 0 saturated carbocycles. The van der Waals surface area contributed by atoms with E-state index in [0.717, 1.165) is 70.9 Å². The highest BCUT2D eigenvalue weighted by atomic mass is 31.2. The molecule has 11 aromatic carbocycles. The molecule has 2 aromatic heterocycles. The van der Waals surface area contributed by atoms with Gasteiger partial charge in [0, 0.05) is 54.2 Å². The minimum atomic E-state index is -3.58. The fourth-order valence-corrected chi connectivity index (χ4v) is 14.5. The molecule has 316 valence electrons. The molecule has 2 heterocycles. The molecule has 0 atom stereocenters. The summed E-state index contributed by atoms with van der Waals surface area (Å²) in [6.45, 7) is 4.69. The highest BCUT2D eigenvalue weighted by molar-refractivity contribution is 7.85. The third-order valence-electron chi connectivity index (χ3n) is 15.0. The van der Waals surface area contributed by atoms with Crippen molar-refractivity contribution in [2.75, 3.05) is 0 Å². The normalized spacial score (nSPS) is 13.4. The first-order valence-corrected chi connectivity index (χ1v) is 24.9. The SMILES string of the molecule is CC1(C)c2cc(P(=O)(c3ccc4c(c3)c3ccccc3n4-c3ccccc3)c3ccc4c(c3)c3ccccc3n4-c3ccccc3)ccc2-c2cc3c4ccccc4c4ccccc4c3cc21. The minimum Gasteiger partial charge on any atom is -0.309 e. The van der Waals surface area contributed by atoms with Crippen molar-refractivity contribution in [2.24, 2.45) is 0 Å². The minimum absolute atomic E-state index is 0.355. The summed E-state index contributed by atoms with van der Waals surface area (Å²) in [6.07, 6.45) is 0. The molecule has 13 aromatic rings. The second-order valence-electron chi connectivity index (χ2n) is 18.8. The van der Waals surface area contributed by atoms with Crippen molar-refractivity contribution in [1.82, 2.24) is 9.13 Å². The van der Waals surface area contributed by atoms with Crippen LogP contribution in [0.2, 0.25) is 0 Å². The molecule has 1 aliphatic carbocycles. The monoisotopic (exact) mass is 874 g/mol. The zero-order valence-electron chi connectivity index (χ0n) is 37.1. The molecule has 0 aliphatic heterocycles. The quantitative estimate of drug-likeness (QED) is 0.125. The van der Waals surface area contributed by atoms with E-state index in [1.165, 1.54) is 54.6 Å². The molecule has 0 fully saturated rings. The van der Waals surface area contributed by atoms with E-state index >= 15 is 4.57 Å². The lowest BCUT2D eigenvalue weighted by molar-refractivity contribution is 0.592. The molecule has 1 aliphatic rings. The summed E-state index contributed by atoms with van der Waals surface area (Å²) in [7, 11) is -3.58. The zero-order chi connectivity index (χ0) is 44.6. The number of para-hydroxylation sites is 4. The van der Waals surface area contributed by atoms with Crippen molar-refractivity contribution in [3.63, 3.8) is 0 Å². The topological polar surface area (TPSA) is 26.9 Å². The van der Waals surface area contributed by atoms with E-state index in [1.807, 2.05) is 0 Å². The van der Waals surface area contributed by atoms with Gasteiger partial charge in [0.1, 0.15) is 0 Å².